The van der Waals surface area contributed by atoms with Crippen molar-refractivity contribution < 1.29 is 18.7 Å². The average molecular weight is 558 g/mol. The predicted octanol–water partition coefficient (Wildman–Crippen LogP) is 6.80. The van der Waals surface area contributed by atoms with Crippen molar-refractivity contribution in [2.24, 2.45) is 11.3 Å². The van der Waals surface area contributed by atoms with Crippen LogP contribution < -0.4 is 4.90 Å². The van der Waals surface area contributed by atoms with Crippen LogP contribution in [0, 0.1) is 18.3 Å². The van der Waals surface area contributed by atoms with Gasteiger partial charge >= 0.3 is 0 Å². The third kappa shape index (κ3) is 6.27. The fraction of sp³-hybridized carbons (Fsp3) is 0.529. The molecule has 1 aromatic carbocycles. The van der Waals surface area contributed by atoms with Crippen molar-refractivity contribution >= 4 is 11.7 Å². The lowest BCUT2D eigenvalue weighted by Crippen LogP contribution is -2.49. The molecule has 2 saturated heterocycles. The molecule has 2 aromatic heterocycles. The summed E-state index contributed by atoms with van der Waals surface area (Å²) < 4.78 is 18.1. The Hall–Kier alpha value is -3.00. The number of ether oxygens (including phenoxy) is 2. The SMILES string of the molecule is Cc1cccnc1N(C(=O)c1ccco1)C1CCN(CCC2(C3COC(c4ccccc4)OC3)CCCCC2)CC1. The van der Waals surface area contributed by atoms with Crippen molar-refractivity contribution in [2.45, 2.75) is 70.6 Å². The van der Waals surface area contributed by atoms with Gasteiger partial charge in [-0.25, -0.2) is 4.98 Å². The van der Waals surface area contributed by atoms with Gasteiger partial charge in [0.25, 0.3) is 5.91 Å². The Balaban J connectivity index is 1.08. The highest BCUT2D eigenvalue weighted by atomic mass is 16.7. The molecule has 7 nitrogen and oxygen atoms in total. The maximum absolute atomic E-state index is 13.6. The molecule has 2 aliphatic heterocycles. The molecule has 0 spiro atoms. The smallest absolute Gasteiger partial charge is 0.295 e. The first kappa shape index (κ1) is 28.1. The normalized spacial score (nSPS) is 23.7. The Morgan fingerprint density at radius 1 is 0.976 bits per heavy atom. The number of carbonyl (C=O) groups excluding carboxylic acids is 1. The molecular formula is C34H43N3O4. The highest BCUT2D eigenvalue weighted by Gasteiger charge is 2.43. The van der Waals surface area contributed by atoms with Gasteiger partial charge in [-0.1, -0.05) is 55.7 Å². The summed E-state index contributed by atoms with van der Waals surface area (Å²) in [5, 5.41) is 0. The minimum atomic E-state index is -0.248. The van der Waals surface area contributed by atoms with Crippen LogP contribution in [0.2, 0.25) is 0 Å². The van der Waals surface area contributed by atoms with E-state index in [-0.39, 0.29) is 23.7 Å². The van der Waals surface area contributed by atoms with Gasteiger partial charge in [0, 0.05) is 36.8 Å². The van der Waals surface area contributed by atoms with Gasteiger partial charge in [0.2, 0.25) is 0 Å². The molecule has 41 heavy (non-hydrogen) atoms. The Morgan fingerprint density at radius 3 is 2.41 bits per heavy atom. The number of furan rings is 1. The largest absolute Gasteiger partial charge is 0.459 e. The fourth-order valence-electron chi connectivity index (χ4n) is 7.24. The summed E-state index contributed by atoms with van der Waals surface area (Å²) in [7, 11) is 0. The maximum Gasteiger partial charge on any atom is 0.295 e. The number of aromatic nitrogens is 1. The number of nitrogens with zero attached hydrogens (tertiary/aromatic N) is 3. The van der Waals surface area contributed by atoms with E-state index in [2.05, 4.69) is 22.0 Å². The Bertz CT molecular complexity index is 1240. The summed E-state index contributed by atoms with van der Waals surface area (Å²) in [4.78, 5) is 22.7. The number of rotatable bonds is 8. The first-order chi connectivity index (χ1) is 20.1. The van der Waals surface area contributed by atoms with Crippen LogP contribution in [0.15, 0.2) is 71.5 Å². The number of hydrogen-bond acceptors (Lipinski definition) is 6. The van der Waals surface area contributed by atoms with Gasteiger partial charge in [-0.2, -0.15) is 0 Å². The molecule has 1 saturated carbocycles. The number of likely N-dealkylation sites (tertiary alicyclic amines) is 1. The number of hydrogen-bond donors (Lipinski definition) is 0. The van der Waals surface area contributed by atoms with E-state index in [1.165, 1.54) is 38.5 Å². The lowest BCUT2D eigenvalue weighted by Gasteiger charge is -2.47. The zero-order valence-corrected chi connectivity index (χ0v) is 24.2. The van der Waals surface area contributed by atoms with E-state index in [1.807, 2.05) is 42.2 Å². The number of aryl methyl sites for hydroxylation is 1. The van der Waals surface area contributed by atoms with E-state index in [1.54, 1.807) is 24.6 Å². The number of benzene rings is 1. The monoisotopic (exact) mass is 557 g/mol. The van der Waals surface area contributed by atoms with Crippen LogP contribution in [-0.4, -0.2) is 54.7 Å². The van der Waals surface area contributed by atoms with Crippen LogP contribution in [-0.2, 0) is 9.47 Å². The molecule has 0 unspecified atom stereocenters. The van der Waals surface area contributed by atoms with Gasteiger partial charge < -0.3 is 18.8 Å². The third-order valence-electron chi connectivity index (χ3n) is 9.69. The van der Waals surface area contributed by atoms with Crippen LogP contribution in [0.25, 0.3) is 0 Å². The zero-order valence-electron chi connectivity index (χ0n) is 24.2. The molecule has 3 aliphatic rings. The lowest BCUT2D eigenvalue weighted by atomic mass is 9.64. The Labute approximate surface area is 243 Å². The van der Waals surface area contributed by atoms with Crippen molar-refractivity contribution in [1.82, 2.24) is 9.88 Å². The number of pyridine rings is 1. The van der Waals surface area contributed by atoms with Gasteiger partial charge in [-0.05, 0) is 74.8 Å². The van der Waals surface area contributed by atoms with Crippen molar-refractivity contribution in [3.8, 4) is 0 Å². The molecule has 6 rings (SSSR count). The summed E-state index contributed by atoms with van der Waals surface area (Å²) in [6.07, 6.45) is 12.6. The van der Waals surface area contributed by atoms with Crippen LogP contribution in [0.5, 0.6) is 0 Å². The summed E-state index contributed by atoms with van der Waals surface area (Å²) in [6, 6.07) is 17.8. The molecule has 3 fully saturated rings. The molecular weight excluding hydrogens is 514 g/mol. The number of carbonyl (C=O) groups is 1. The fourth-order valence-corrected chi connectivity index (χ4v) is 7.24. The molecule has 7 heteroatoms. The maximum atomic E-state index is 13.6. The lowest BCUT2D eigenvalue weighted by molar-refractivity contribution is -0.227. The number of piperidine rings is 1. The number of amides is 1. The second-order valence-corrected chi connectivity index (χ2v) is 12.1. The average Bonchev–Trinajstić information content (AvgIpc) is 3.58. The van der Waals surface area contributed by atoms with Gasteiger partial charge in [0.1, 0.15) is 5.82 Å². The molecule has 4 heterocycles. The van der Waals surface area contributed by atoms with E-state index in [0.717, 1.165) is 62.6 Å². The van der Waals surface area contributed by atoms with Crippen LogP contribution in [0.3, 0.4) is 0 Å². The predicted molar refractivity (Wildman–Crippen MR) is 159 cm³/mol. The minimum Gasteiger partial charge on any atom is -0.459 e. The van der Waals surface area contributed by atoms with Crippen LogP contribution >= 0.6 is 0 Å². The van der Waals surface area contributed by atoms with E-state index < -0.39 is 0 Å². The number of anilines is 1. The first-order valence-corrected chi connectivity index (χ1v) is 15.4. The van der Waals surface area contributed by atoms with Crippen molar-refractivity contribution in [2.75, 3.05) is 37.7 Å². The van der Waals surface area contributed by atoms with Crippen molar-refractivity contribution in [3.63, 3.8) is 0 Å². The van der Waals surface area contributed by atoms with E-state index >= 15 is 0 Å². The Morgan fingerprint density at radius 2 is 1.73 bits per heavy atom. The topological polar surface area (TPSA) is 68.0 Å². The second-order valence-electron chi connectivity index (χ2n) is 12.1. The van der Waals surface area contributed by atoms with Gasteiger partial charge in [0.05, 0.1) is 19.5 Å². The van der Waals surface area contributed by atoms with Gasteiger partial charge in [-0.15, -0.1) is 0 Å². The molecule has 1 aliphatic carbocycles. The molecule has 0 N–H and O–H groups in total. The van der Waals surface area contributed by atoms with Crippen molar-refractivity contribution in [1.29, 1.82) is 0 Å². The third-order valence-corrected chi connectivity index (χ3v) is 9.69. The van der Waals surface area contributed by atoms with E-state index in [4.69, 9.17) is 13.9 Å². The summed E-state index contributed by atoms with van der Waals surface area (Å²) in [5.74, 6) is 1.43. The molecule has 0 bridgehead atoms. The van der Waals surface area contributed by atoms with Crippen LogP contribution in [0.4, 0.5) is 5.82 Å². The summed E-state index contributed by atoms with van der Waals surface area (Å²) in [5.41, 5.74) is 2.39. The van der Waals surface area contributed by atoms with Crippen molar-refractivity contribution in [3.05, 3.63) is 83.9 Å². The summed E-state index contributed by atoms with van der Waals surface area (Å²) >= 11 is 0. The Kier molecular flexibility index (Phi) is 8.84. The zero-order chi connectivity index (χ0) is 28.1. The highest BCUT2D eigenvalue weighted by Crippen LogP contribution is 2.48. The first-order valence-electron chi connectivity index (χ1n) is 15.4. The molecule has 3 aromatic rings. The highest BCUT2D eigenvalue weighted by molar-refractivity contribution is 6.04. The quantitative estimate of drug-likeness (QED) is 0.304. The molecule has 218 valence electrons. The standard InChI is InChI=1S/C34H43N3O4/c1-26-10-8-19-35-31(26)37(32(38)30-13-9-23-39-30)29-14-20-36(21-15-29)22-18-34(16-6-3-7-17-34)28-24-40-33(41-25-28)27-11-4-2-5-12-27/h2,4-5,8-13,19,23,28-29,33H,3,6-7,14-18,20-22,24-25H2,1H3. The minimum absolute atomic E-state index is 0.0937. The second kappa shape index (κ2) is 12.9. The van der Waals surface area contributed by atoms with Gasteiger partial charge in [-0.3, -0.25) is 9.69 Å². The summed E-state index contributed by atoms with van der Waals surface area (Å²) in [6.45, 7) is 6.60. The van der Waals surface area contributed by atoms with Crippen LogP contribution in [0.1, 0.15) is 79.3 Å². The van der Waals surface area contributed by atoms with Gasteiger partial charge in [0.15, 0.2) is 12.1 Å². The van der Waals surface area contributed by atoms with E-state index in [9.17, 15) is 4.79 Å². The molecule has 1 amide bonds. The molecule has 0 radical (unpaired) electrons. The molecule has 0 atom stereocenters. The van der Waals surface area contributed by atoms with E-state index in [0.29, 0.717) is 11.7 Å².